The Kier molecular flexibility index (Phi) is 4.97. The van der Waals surface area contributed by atoms with E-state index >= 15 is 0 Å². The smallest absolute Gasteiger partial charge is 0.313 e. The number of nitrogens with zero attached hydrogens (tertiary/aromatic N) is 2. The Hall–Kier alpha value is -1.60. The molecule has 0 aliphatic rings. The molecule has 1 heterocycles. The van der Waals surface area contributed by atoms with Crippen LogP contribution in [0.2, 0.25) is 0 Å². The van der Waals surface area contributed by atoms with Gasteiger partial charge in [-0.05, 0) is 36.9 Å². The molecule has 0 aliphatic carbocycles. The van der Waals surface area contributed by atoms with Crippen LogP contribution in [0.4, 0.5) is 4.39 Å². The molecule has 0 atom stereocenters. The lowest BCUT2D eigenvalue weighted by Gasteiger charge is -2.10. The van der Waals surface area contributed by atoms with Crippen LogP contribution < -0.4 is 11.0 Å². The maximum Gasteiger partial charge on any atom is 0.343 e. The van der Waals surface area contributed by atoms with E-state index in [1.165, 1.54) is 22.4 Å². The minimum absolute atomic E-state index is 0.251. The van der Waals surface area contributed by atoms with E-state index in [-0.39, 0.29) is 11.5 Å². The summed E-state index contributed by atoms with van der Waals surface area (Å²) >= 11 is 1.27. The number of halogens is 1. The van der Waals surface area contributed by atoms with Crippen molar-refractivity contribution in [2.75, 3.05) is 6.54 Å². The number of aromatic amines is 1. The average molecular weight is 296 g/mol. The standard InChI is InChI=1S/C13H17FN4OS/c1-3-7-15-8-9-10(14)5-4-6-11(9)20-13-17-16-12(19)18(13)2/h4-6,15H,3,7-8H2,1-2H3,(H,16,19). The molecule has 7 heteroatoms. The Bertz CT molecular complexity index is 638. The Morgan fingerprint density at radius 3 is 2.95 bits per heavy atom. The molecule has 1 aromatic carbocycles. The predicted octanol–water partition coefficient (Wildman–Crippen LogP) is 1.90. The van der Waals surface area contributed by atoms with Crippen molar-refractivity contribution in [1.82, 2.24) is 20.1 Å². The van der Waals surface area contributed by atoms with Gasteiger partial charge in [0.05, 0.1) is 0 Å². The third-order valence-corrected chi connectivity index (χ3v) is 3.99. The topological polar surface area (TPSA) is 62.7 Å². The van der Waals surface area contributed by atoms with Gasteiger partial charge in [-0.25, -0.2) is 14.3 Å². The van der Waals surface area contributed by atoms with E-state index in [0.29, 0.717) is 17.3 Å². The minimum Gasteiger partial charge on any atom is -0.313 e. The predicted molar refractivity (Wildman–Crippen MR) is 76.3 cm³/mol. The van der Waals surface area contributed by atoms with Gasteiger partial charge < -0.3 is 5.32 Å². The number of benzene rings is 1. The molecule has 0 saturated carbocycles. The van der Waals surface area contributed by atoms with Crippen LogP contribution in [-0.4, -0.2) is 21.3 Å². The molecule has 2 aromatic rings. The molecule has 0 aliphatic heterocycles. The first kappa shape index (κ1) is 14.8. The van der Waals surface area contributed by atoms with Crippen molar-refractivity contribution in [3.63, 3.8) is 0 Å². The van der Waals surface area contributed by atoms with Gasteiger partial charge in [-0.15, -0.1) is 5.10 Å². The summed E-state index contributed by atoms with van der Waals surface area (Å²) in [4.78, 5) is 12.1. The van der Waals surface area contributed by atoms with Gasteiger partial charge in [0.1, 0.15) is 5.82 Å². The Morgan fingerprint density at radius 1 is 1.50 bits per heavy atom. The second kappa shape index (κ2) is 6.71. The molecule has 0 radical (unpaired) electrons. The molecule has 20 heavy (non-hydrogen) atoms. The van der Waals surface area contributed by atoms with Gasteiger partial charge >= 0.3 is 5.69 Å². The number of hydrogen-bond donors (Lipinski definition) is 2. The van der Waals surface area contributed by atoms with Gasteiger partial charge in [-0.3, -0.25) is 4.57 Å². The zero-order valence-electron chi connectivity index (χ0n) is 11.4. The minimum atomic E-state index is -0.283. The monoisotopic (exact) mass is 296 g/mol. The van der Waals surface area contributed by atoms with Gasteiger partial charge in [0.2, 0.25) is 0 Å². The molecule has 0 amide bonds. The Labute approximate surface area is 120 Å². The zero-order chi connectivity index (χ0) is 14.5. The zero-order valence-corrected chi connectivity index (χ0v) is 12.3. The molecular weight excluding hydrogens is 279 g/mol. The van der Waals surface area contributed by atoms with E-state index in [1.54, 1.807) is 13.1 Å². The van der Waals surface area contributed by atoms with Crippen LogP contribution in [0.1, 0.15) is 18.9 Å². The molecule has 0 spiro atoms. The lowest BCUT2D eigenvalue weighted by molar-refractivity contribution is 0.578. The summed E-state index contributed by atoms with van der Waals surface area (Å²) < 4.78 is 15.3. The normalized spacial score (nSPS) is 10.9. The van der Waals surface area contributed by atoms with Gasteiger partial charge in [0, 0.05) is 24.1 Å². The highest BCUT2D eigenvalue weighted by Gasteiger charge is 2.12. The van der Waals surface area contributed by atoms with Crippen LogP contribution in [0.5, 0.6) is 0 Å². The van der Waals surface area contributed by atoms with Crippen LogP contribution >= 0.6 is 11.8 Å². The van der Waals surface area contributed by atoms with Gasteiger partial charge in [0.15, 0.2) is 5.16 Å². The summed E-state index contributed by atoms with van der Waals surface area (Å²) in [5.74, 6) is -0.251. The van der Waals surface area contributed by atoms with Gasteiger partial charge in [-0.1, -0.05) is 13.0 Å². The highest BCUT2D eigenvalue weighted by atomic mass is 32.2. The quantitative estimate of drug-likeness (QED) is 0.799. The van der Waals surface area contributed by atoms with Crippen molar-refractivity contribution in [2.24, 2.45) is 7.05 Å². The van der Waals surface area contributed by atoms with Gasteiger partial charge in [-0.2, -0.15) is 0 Å². The van der Waals surface area contributed by atoms with E-state index in [9.17, 15) is 9.18 Å². The first-order valence-electron chi connectivity index (χ1n) is 6.40. The molecular formula is C13H17FN4OS. The van der Waals surface area contributed by atoms with E-state index in [4.69, 9.17) is 0 Å². The summed E-state index contributed by atoms with van der Waals surface area (Å²) in [5.41, 5.74) is 0.316. The van der Waals surface area contributed by atoms with Gasteiger partial charge in [0.25, 0.3) is 0 Å². The van der Waals surface area contributed by atoms with Crippen LogP contribution in [0.25, 0.3) is 0 Å². The lowest BCUT2D eigenvalue weighted by atomic mass is 10.2. The maximum absolute atomic E-state index is 13.9. The SMILES string of the molecule is CCCNCc1c(F)cccc1Sc1n[nH]c(=O)n1C. The molecule has 0 bridgehead atoms. The van der Waals surface area contributed by atoms with E-state index in [1.807, 2.05) is 6.07 Å². The van der Waals surface area contributed by atoms with Crippen LogP contribution in [0, 0.1) is 5.82 Å². The second-order valence-electron chi connectivity index (χ2n) is 4.37. The summed E-state index contributed by atoms with van der Waals surface area (Å²) in [6.07, 6.45) is 0.991. The maximum atomic E-state index is 13.9. The fraction of sp³-hybridized carbons (Fsp3) is 0.385. The van der Waals surface area contributed by atoms with Crippen molar-refractivity contribution in [3.8, 4) is 0 Å². The van der Waals surface area contributed by atoms with Crippen molar-refractivity contribution >= 4 is 11.8 Å². The molecule has 0 unspecified atom stereocenters. The Morgan fingerprint density at radius 2 is 2.30 bits per heavy atom. The third kappa shape index (κ3) is 3.29. The van der Waals surface area contributed by atoms with Crippen molar-refractivity contribution in [2.45, 2.75) is 29.9 Å². The number of nitrogens with one attached hydrogen (secondary N) is 2. The largest absolute Gasteiger partial charge is 0.343 e. The fourth-order valence-electron chi connectivity index (χ4n) is 1.72. The van der Waals surface area contributed by atoms with Crippen LogP contribution in [-0.2, 0) is 13.6 Å². The summed E-state index contributed by atoms with van der Waals surface area (Å²) in [5, 5.41) is 9.99. The molecule has 108 valence electrons. The third-order valence-electron chi connectivity index (χ3n) is 2.84. The van der Waals surface area contributed by atoms with Crippen LogP contribution in [0.15, 0.2) is 33.0 Å². The molecule has 1 aromatic heterocycles. The number of rotatable bonds is 6. The first-order valence-corrected chi connectivity index (χ1v) is 7.22. The van der Waals surface area contributed by atoms with Crippen molar-refractivity contribution < 1.29 is 4.39 Å². The van der Waals surface area contributed by atoms with E-state index < -0.39 is 0 Å². The summed E-state index contributed by atoms with van der Waals surface area (Å²) in [6, 6.07) is 4.93. The lowest BCUT2D eigenvalue weighted by Crippen LogP contribution is -2.16. The first-order chi connectivity index (χ1) is 9.63. The second-order valence-corrected chi connectivity index (χ2v) is 5.37. The Balaban J connectivity index is 2.24. The highest BCUT2D eigenvalue weighted by Crippen LogP contribution is 2.29. The highest BCUT2D eigenvalue weighted by molar-refractivity contribution is 7.99. The summed E-state index contributed by atoms with van der Waals surface area (Å²) in [6.45, 7) is 3.35. The number of hydrogen-bond acceptors (Lipinski definition) is 4. The van der Waals surface area contributed by atoms with E-state index in [2.05, 4.69) is 22.4 Å². The number of aromatic nitrogens is 3. The fourth-order valence-corrected chi connectivity index (χ4v) is 2.67. The average Bonchev–Trinajstić information content (AvgIpc) is 2.74. The van der Waals surface area contributed by atoms with Crippen molar-refractivity contribution in [1.29, 1.82) is 0 Å². The van der Waals surface area contributed by atoms with E-state index in [0.717, 1.165) is 17.9 Å². The molecule has 0 fully saturated rings. The number of H-pyrrole nitrogens is 1. The molecule has 0 saturated heterocycles. The molecule has 2 rings (SSSR count). The molecule has 2 N–H and O–H groups in total. The molecule has 5 nitrogen and oxygen atoms in total. The van der Waals surface area contributed by atoms with Crippen molar-refractivity contribution in [3.05, 3.63) is 40.1 Å². The summed E-state index contributed by atoms with van der Waals surface area (Å²) in [7, 11) is 1.63. The van der Waals surface area contributed by atoms with Crippen LogP contribution in [0.3, 0.4) is 0 Å².